The smallest absolute Gasteiger partial charge is 0.194 e. The van der Waals surface area contributed by atoms with Gasteiger partial charge in [0.2, 0.25) is 0 Å². The maximum absolute atomic E-state index is 12.6. The number of carbonyl (C=O) groups excluding carboxylic acids is 1. The van der Waals surface area contributed by atoms with Gasteiger partial charge in [0.15, 0.2) is 17.3 Å². The van der Waals surface area contributed by atoms with Crippen molar-refractivity contribution in [3.63, 3.8) is 0 Å². The van der Waals surface area contributed by atoms with E-state index in [0.29, 0.717) is 41.8 Å². The van der Waals surface area contributed by atoms with E-state index in [2.05, 4.69) is 22.9 Å². The van der Waals surface area contributed by atoms with E-state index in [1.807, 2.05) is 18.2 Å². The van der Waals surface area contributed by atoms with Crippen molar-refractivity contribution in [1.29, 1.82) is 0 Å². The van der Waals surface area contributed by atoms with E-state index in [4.69, 9.17) is 9.47 Å². The van der Waals surface area contributed by atoms with E-state index in [1.165, 1.54) is 0 Å². The van der Waals surface area contributed by atoms with Crippen molar-refractivity contribution in [2.45, 2.75) is 6.92 Å². The van der Waals surface area contributed by atoms with Crippen LogP contribution in [0.5, 0.6) is 11.5 Å². The standard InChI is InChI=1S/C17H15BrO3/c1-11-9-20-15-7-6-12(8-16(15)21-10-11)17(19)13-4-2-3-5-14(13)18/h2-8,11H,9-10H2,1H3. The third-order valence-corrected chi connectivity index (χ3v) is 4.06. The highest BCUT2D eigenvalue weighted by atomic mass is 79.9. The summed E-state index contributed by atoms with van der Waals surface area (Å²) in [4.78, 5) is 12.6. The van der Waals surface area contributed by atoms with Gasteiger partial charge in [-0.2, -0.15) is 0 Å². The van der Waals surface area contributed by atoms with Crippen molar-refractivity contribution in [2.24, 2.45) is 5.92 Å². The molecule has 4 heteroatoms. The summed E-state index contributed by atoms with van der Waals surface area (Å²) in [5.41, 5.74) is 1.24. The van der Waals surface area contributed by atoms with Crippen LogP contribution in [-0.4, -0.2) is 19.0 Å². The molecule has 0 bridgehead atoms. The first-order valence-corrected chi connectivity index (χ1v) is 7.63. The lowest BCUT2D eigenvalue weighted by atomic mass is 10.0. The van der Waals surface area contributed by atoms with Gasteiger partial charge in [-0.15, -0.1) is 0 Å². The maximum atomic E-state index is 12.6. The second-order valence-electron chi connectivity index (χ2n) is 5.20. The van der Waals surface area contributed by atoms with Gasteiger partial charge >= 0.3 is 0 Å². The van der Waals surface area contributed by atoms with Crippen LogP contribution in [0.25, 0.3) is 0 Å². The third-order valence-electron chi connectivity index (χ3n) is 3.37. The molecule has 0 aliphatic carbocycles. The van der Waals surface area contributed by atoms with Crippen LogP contribution in [-0.2, 0) is 0 Å². The number of fused-ring (bicyclic) bond motifs is 1. The molecule has 0 spiro atoms. The van der Waals surface area contributed by atoms with Crippen molar-refractivity contribution in [3.05, 3.63) is 58.1 Å². The molecule has 3 nitrogen and oxygen atoms in total. The zero-order valence-corrected chi connectivity index (χ0v) is 13.2. The first-order valence-electron chi connectivity index (χ1n) is 6.84. The summed E-state index contributed by atoms with van der Waals surface area (Å²) in [7, 11) is 0. The first-order chi connectivity index (χ1) is 10.1. The third kappa shape index (κ3) is 2.95. The molecule has 21 heavy (non-hydrogen) atoms. The van der Waals surface area contributed by atoms with Crippen LogP contribution in [0, 0.1) is 5.92 Å². The maximum Gasteiger partial charge on any atom is 0.194 e. The first kappa shape index (κ1) is 14.1. The number of carbonyl (C=O) groups is 1. The SMILES string of the molecule is CC1COc2ccc(C(=O)c3ccccc3Br)cc2OC1. The number of rotatable bonds is 2. The highest BCUT2D eigenvalue weighted by molar-refractivity contribution is 9.10. The van der Waals surface area contributed by atoms with Crippen LogP contribution < -0.4 is 9.47 Å². The number of ketones is 1. The van der Waals surface area contributed by atoms with Gasteiger partial charge in [-0.05, 0) is 30.3 Å². The lowest BCUT2D eigenvalue weighted by Crippen LogP contribution is -2.12. The quantitative estimate of drug-likeness (QED) is 0.768. The van der Waals surface area contributed by atoms with Gasteiger partial charge in [0.25, 0.3) is 0 Å². The molecular weight excluding hydrogens is 332 g/mol. The van der Waals surface area contributed by atoms with E-state index in [-0.39, 0.29) is 5.78 Å². The monoisotopic (exact) mass is 346 g/mol. The molecule has 0 aromatic heterocycles. The molecular formula is C17H15BrO3. The molecule has 1 aliphatic heterocycles. The van der Waals surface area contributed by atoms with Gasteiger partial charge in [-0.1, -0.05) is 35.0 Å². The van der Waals surface area contributed by atoms with Crippen molar-refractivity contribution < 1.29 is 14.3 Å². The molecule has 1 atom stereocenters. The summed E-state index contributed by atoms with van der Waals surface area (Å²) in [6, 6.07) is 12.7. The second-order valence-corrected chi connectivity index (χ2v) is 6.05. The zero-order chi connectivity index (χ0) is 14.8. The van der Waals surface area contributed by atoms with Gasteiger partial charge in [0.05, 0.1) is 13.2 Å². The molecule has 1 aliphatic rings. The normalized spacial score (nSPS) is 17.1. The van der Waals surface area contributed by atoms with Crippen LogP contribution in [0.3, 0.4) is 0 Å². The van der Waals surface area contributed by atoms with Crippen molar-refractivity contribution in [2.75, 3.05) is 13.2 Å². The minimum atomic E-state index is -0.0360. The minimum Gasteiger partial charge on any atom is -0.489 e. The molecule has 1 heterocycles. The Morgan fingerprint density at radius 2 is 1.81 bits per heavy atom. The molecule has 0 amide bonds. The summed E-state index contributed by atoms with van der Waals surface area (Å²) in [5, 5.41) is 0. The van der Waals surface area contributed by atoms with Gasteiger partial charge in [-0.25, -0.2) is 0 Å². The molecule has 0 N–H and O–H groups in total. The number of halogens is 1. The fraction of sp³-hybridized carbons (Fsp3) is 0.235. The summed E-state index contributed by atoms with van der Waals surface area (Å²) >= 11 is 3.41. The van der Waals surface area contributed by atoms with Gasteiger partial charge in [-0.3, -0.25) is 4.79 Å². The van der Waals surface area contributed by atoms with Crippen molar-refractivity contribution >= 4 is 21.7 Å². The van der Waals surface area contributed by atoms with Crippen LogP contribution in [0.2, 0.25) is 0 Å². The molecule has 0 fully saturated rings. The zero-order valence-electron chi connectivity index (χ0n) is 11.6. The van der Waals surface area contributed by atoms with E-state index in [0.717, 1.165) is 4.47 Å². The Labute approximate surface area is 132 Å². The molecule has 0 saturated carbocycles. The minimum absolute atomic E-state index is 0.0360. The lowest BCUT2D eigenvalue weighted by Gasteiger charge is -2.09. The summed E-state index contributed by atoms with van der Waals surface area (Å²) in [6.07, 6.45) is 0. The van der Waals surface area contributed by atoms with E-state index in [9.17, 15) is 4.79 Å². The predicted octanol–water partition coefficient (Wildman–Crippen LogP) is 4.09. The number of hydrogen-bond acceptors (Lipinski definition) is 3. The molecule has 0 radical (unpaired) electrons. The summed E-state index contributed by atoms with van der Waals surface area (Å²) in [5.74, 6) is 1.63. The van der Waals surface area contributed by atoms with Crippen LogP contribution in [0.1, 0.15) is 22.8 Å². The number of hydrogen-bond donors (Lipinski definition) is 0. The fourth-order valence-electron chi connectivity index (χ4n) is 2.19. The van der Waals surface area contributed by atoms with E-state index in [1.54, 1.807) is 24.3 Å². The molecule has 0 saturated heterocycles. The van der Waals surface area contributed by atoms with Gasteiger partial charge in [0, 0.05) is 21.5 Å². The van der Waals surface area contributed by atoms with E-state index >= 15 is 0 Å². The number of ether oxygens (including phenoxy) is 2. The van der Waals surface area contributed by atoms with Gasteiger partial charge < -0.3 is 9.47 Å². The largest absolute Gasteiger partial charge is 0.489 e. The van der Waals surface area contributed by atoms with Crippen molar-refractivity contribution in [1.82, 2.24) is 0 Å². The van der Waals surface area contributed by atoms with Crippen molar-refractivity contribution in [3.8, 4) is 11.5 Å². The van der Waals surface area contributed by atoms with Gasteiger partial charge in [0.1, 0.15) is 0 Å². The van der Waals surface area contributed by atoms with Crippen LogP contribution >= 0.6 is 15.9 Å². The Bertz CT molecular complexity index is 681. The number of benzene rings is 2. The highest BCUT2D eigenvalue weighted by Crippen LogP contribution is 2.32. The second kappa shape index (κ2) is 5.90. The molecule has 108 valence electrons. The average molecular weight is 347 g/mol. The summed E-state index contributed by atoms with van der Waals surface area (Å²) in [6.45, 7) is 3.29. The average Bonchev–Trinajstić information content (AvgIpc) is 2.69. The lowest BCUT2D eigenvalue weighted by molar-refractivity contribution is 0.103. The highest BCUT2D eigenvalue weighted by Gasteiger charge is 2.18. The van der Waals surface area contributed by atoms with E-state index < -0.39 is 0 Å². The topological polar surface area (TPSA) is 35.5 Å². The van der Waals surface area contributed by atoms with Crippen LogP contribution in [0.4, 0.5) is 0 Å². The summed E-state index contributed by atoms with van der Waals surface area (Å²) < 4.78 is 12.2. The Morgan fingerprint density at radius 1 is 1.10 bits per heavy atom. The Kier molecular flexibility index (Phi) is 3.97. The fourth-order valence-corrected chi connectivity index (χ4v) is 2.66. The Balaban J connectivity index is 1.94. The Morgan fingerprint density at radius 3 is 2.57 bits per heavy atom. The predicted molar refractivity (Wildman–Crippen MR) is 84.2 cm³/mol. The molecule has 2 aromatic rings. The molecule has 2 aromatic carbocycles. The molecule has 1 unspecified atom stereocenters. The Hall–Kier alpha value is -1.81. The molecule has 3 rings (SSSR count). The van der Waals surface area contributed by atoms with Crippen LogP contribution in [0.15, 0.2) is 46.9 Å².